The molecule has 0 radical (unpaired) electrons. The van der Waals surface area contributed by atoms with Crippen molar-refractivity contribution in [3.63, 3.8) is 0 Å². The number of carbonyl (C=O) groups excluding carboxylic acids is 1. The van der Waals surface area contributed by atoms with E-state index in [1.54, 1.807) is 36.8 Å². The van der Waals surface area contributed by atoms with Gasteiger partial charge in [0.1, 0.15) is 11.5 Å². The van der Waals surface area contributed by atoms with Crippen molar-refractivity contribution in [3.05, 3.63) is 42.0 Å². The standard InChI is InChI=1S/C16H20N2O5/c1-11(20)23-16(2,18-10-17-8-12(18)9-19)14-6-5-13(21-3)7-15(14)22-4/h5-8,10,19H,9H2,1-4H3. The molecule has 1 heterocycles. The first-order chi connectivity index (χ1) is 11.0. The minimum Gasteiger partial charge on any atom is -0.497 e. The predicted molar refractivity (Wildman–Crippen MR) is 82.2 cm³/mol. The van der Waals surface area contributed by atoms with E-state index in [1.165, 1.54) is 26.6 Å². The molecule has 124 valence electrons. The van der Waals surface area contributed by atoms with Gasteiger partial charge >= 0.3 is 5.97 Å². The van der Waals surface area contributed by atoms with Gasteiger partial charge in [-0.25, -0.2) is 4.98 Å². The quantitative estimate of drug-likeness (QED) is 0.815. The summed E-state index contributed by atoms with van der Waals surface area (Å²) in [5.41, 5.74) is -0.117. The largest absolute Gasteiger partial charge is 0.497 e. The Morgan fingerprint density at radius 1 is 1.35 bits per heavy atom. The second-order valence-electron chi connectivity index (χ2n) is 5.06. The summed E-state index contributed by atoms with van der Waals surface area (Å²) in [6.45, 7) is 2.79. The number of hydrogen-bond donors (Lipinski definition) is 1. The first kappa shape index (κ1) is 16.8. The Hall–Kier alpha value is -2.54. The highest BCUT2D eigenvalue weighted by molar-refractivity contribution is 5.67. The van der Waals surface area contributed by atoms with Crippen LogP contribution in [0.3, 0.4) is 0 Å². The lowest BCUT2D eigenvalue weighted by Crippen LogP contribution is -2.37. The molecule has 0 fully saturated rings. The lowest BCUT2D eigenvalue weighted by molar-refractivity contribution is -0.160. The van der Waals surface area contributed by atoms with Crippen LogP contribution in [0.1, 0.15) is 25.1 Å². The van der Waals surface area contributed by atoms with E-state index in [0.29, 0.717) is 22.8 Å². The van der Waals surface area contributed by atoms with Crippen LogP contribution in [0.25, 0.3) is 0 Å². The highest BCUT2D eigenvalue weighted by atomic mass is 16.6. The topological polar surface area (TPSA) is 82.8 Å². The van der Waals surface area contributed by atoms with Gasteiger partial charge in [0.05, 0.1) is 44.6 Å². The lowest BCUT2D eigenvalue weighted by atomic mass is 10.0. The van der Waals surface area contributed by atoms with E-state index in [9.17, 15) is 9.90 Å². The number of benzene rings is 1. The van der Waals surface area contributed by atoms with E-state index < -0.39 is 11.7 Å². The van der Waals surface area contributed by atoms with Crippen LogP contribution in [-0.2, 0) is 21.9 Å². The van der Waals surface area contributed by atoms with Crippen molar-refractivity contribution < 1.29 is 24.1 Å². The first-order valence-corrected chi connectivity index (χ1v) is 7.01. The van der Waals surface area contributed by atoms with Gasteiger partial charge in [-0.3, -0.25) is 9.36 Å². The number of ether oxygens (including phenoxy) is 3. The molecule has 0 saturated carbocycles. The van der Waals surface area contributed by atoms with E-state index in [0.717, 1.165) is 0 Å². The molecule has 0 aliphatic carbocycles. The summed E-state index contributed by atoms with van der Waals surface area (Å²) in [6, 6.07) is 5.20. The van der Waals surface area contributed by atoms with Crippen LogP contribution < -0.4 is 9.47 Å². The fraction of sp³-hybridized carbons (Fsp3) is 0.375. The van der Waals surface area contributed by atoms with Crippen LogP contribution >= 0.6 is 0 Å². The summed E-state index contributed by atoms with van der Waals surface area (Å²) < 4.78 is 17.8. The molecular formula is C16H20N2O5. The van der Waals surface area contributed by atoms with Gasteiger partial charge in [-0.05, 0) is 12.1 Å². The zero-order valence-corrected chi connectivity index (χ0v) is 13.6. The van der Waals surface area contributed by atoms with Crippen LogP contribution in [0, 0.1) is 0 Å². The third kappa shape index (κ3) is 3.14. The highest BCUT2D eigenvalue weighted by Gasteiger charge is 2.36. The monoisotopic (exact) mass is 320 g/mol. The summed E-state index contributed by atoms with van der Waals surface area (Å²) in [5.74, 6) is 0.637. The molecule has 0 saturated heterocycles. The fourth-order valence-corrected chi connectivity index (χ4v) is 2.52. The summed E-state index contributed by atoms with van der Waals surface area (Å²) >= 11 is 0. The molecule has 23 heavy (non-hydrogen) atoms. The maximum Gasteiger partial charge on any atom is 0.305 e. The van der Waals surface area contributed by atoms with Crippen LogP contribution in [0.2, 0.25) is 0 Å². The van der Waals surface area contributed by atoms with Gasteiger partial charge in [-0.15, -0.1) is 0 Å². The van der Waals surface area contributed by atoms with Crippen LogP contribution in [0.5, 0.6) is 11.5 Å². The Morgan fingerprint density at radius 3 is 2.65 bits per heavy atom. The number of aromatic nitrogens is 2. The van der Waals surface area contributed by atoms with Gasteiger partial charge in [0.15, 0.2) is 0 Å². The number of esters is 1. The van der Waals surface area contributed by atoms with Gasteiger partial charge in [-0.2, -0.15) is 0 Å². The average molecular weight is 320 g/mol. The number of imidazole rings is 1. The van der Waals surface area contributed by atoms with Crippen molar-refractivity contribution in [1.29, 1.82) is 0 Å². The number of rotatable bonds is 6. The summed E-state index contributed by atoms with van der Waals surface area (Å²) in [7, 11) is 3.08. The number of aliphatic hydroxyl groups excluding tert-OH is 1. The molecule has 7 nitrogen and oxygen atoms in total. The zero-order chi connectivity index (χ0) is 17.0. The summed E-state index contributed by atoms with van der Waals surface area (Å²) in [6.07, 6.45) is 3.01. The second kappa shape index (κ2) is 6.70. The number of carbonyl (C=O) groups is 1. The third-order valence-corrected chi connectivity index (χ3v) is 3.59. The maximum absolute atomic E-state index is 11.7. The number of aliphatic hydroxyl groups is 1. The Balaban J connectivity index is 2.66. The molecule has 1 aromatic carbocycles. The molecule has 2 rings (SSSR count). The third-order valence-electron chi connectivity index (χ3n) is 3.59. The molecule has 0 aliphatic rings. The molecule has 2 aromatic rings. The lowest BCUT2D eigenvalue weighted by Gasteiger charge is -2.33. The molecule has 1 atom stereocenters. The summed E-state index contributed by atoms with van der Waals surface area (Å²) in [4.78, 5) is 15.7. The Labute approximate surface area is 134 Å². The molecule has 0 amide bonds. The molecule has 7 heteroatoms. The zero-order valence-electron chi connectivity index (χ0n) is 13.6. The molecule has 1 N–H and O–H groups in total. The molecule has 0 spiro atoms. The van der Waals surface area contributed by atoms with E-state index in [4.69, 9.17) is 14.2 Å². The van der Waals surface area contributed by atoms with Crippen LogP contribution in [0.15, 0.2) is 30.7 Å². The second-order valence-corrected chi connectivity index (χ2v) is 5.06. The summed E-state index contributed by atoms with van der Waals surface area (Å²) in [5, 5.41) is 9.51. The minimum absolute atomic E-state index is 0.241. The Bertz CT molecular complexity index is 698. The molecule has 0 bridgehead atoms. The van der Waals surface area contributed by atoms with Gasteiger partial charge in [0.2, 0.25) is 5.72 Å². The van der Waals surface area contributed by atoms with Crippen LogP contribution in [-0.4, -0.2) is 34.8 Å². The molecule has 1 aromatic heterocycles. The SMILES string of the molecule is COc1ccc(C(C)(OC(C)=O)n2cncc2CO)c(OC)c1. The fourth-order valence-electron chi connectivity index (χ4n) is 2.52. The van der Waals surface area contributed by atoms with Gasteiger partial charge in [0.25, 0.3) is 0 Å². The van der Waals surface area contributed by atoms with E-state index in [2.05, 4.69) is 4.98 Å². The highest BCUT2D eigenvalue weighted by Crippen LogP contribution is 2.37. The minimum atomic E-state index is -1.22. The van der Waals surface area contributed by atoms with Gasteiger partial charge in [-0.1, -0.05) is 0 Å². The van der Waals surface area contributed by atoms with Crippen molar-refractivity contribution in [2.45, 2.75) is 26.2 Å². The number of methoxy groups -OCH3 is 2. The van der Waals surface area contributed by atoms with Crippen molar-refractivity contribution in [2.75, 3.05) is 14.2 Å². The van der Waals surface area contributed by atoms with Gasteiger partial charge < -0.3 is 19.3 Å². The van der Waals surface area contributed by atoms with E-state index in [-0.39, 0.29) is 6.61 Å². The van der Waals surface area contributed by atoms with E-state index >= 15 is 0 Å². The normalized spacial score (nSPS) is 13.3. The Morgan fingerprint density at radius 2 is 2.09 bits per heavy atom. The van der Waals surface area contributed by atoms with E-state index in [1.807, 2.05) is 0 Å². The van der Waals surface area contributed by atoms with Crippen LogP contribution in [0.4, 0.5) is 0 Å². The average Bonchev–Trinajstić information content (AvgIpc) is 3.02. The predicted octanol–water partition coefficient (Wildman–Crippen LogP) is 1.68. The van der Waals surface area contributed by atoms with Gasteiger partial charge in [0, 0.05) is 19.9 Å². The molecular weight excluding hydrogens is 300 g/mol. The number of hydrogen-bond acceptors (Lipinski definition) is 6. The first-order valence-electron chi connectivity index (χ1n) is 7.01. The number of nitrogens with zero attached hydrogens (tertiary/aromatic N) is 2. The Kier molecular flexibility index (Phi) is 4.90. The van der Waals surface area contributed by atoms with Crippen molar-refractivity contribution in [2.24, 2.45) is 0 Å². The van der Waals surface area contributed by atoms with Crippen molar-refractivity contribution in [3.8, 4) is 11.5 Å². The molecule has 1 unspecified atom stereocenters. The van der Waals surface area contributed by atoms with Crippen molar-refractivity contribution >= 4 is 5.97 Å². The smallest absolute Gasteiger partial charge is 0.305 e. The molecule has 0 aliphatic heterocycles. The maximum atomic E-state index is 11.7. The van der Waals surface area contributed by atoms with Crippen molar-refractivity contribution in [1.82, 2.24) is 9.55 Å².